The molecule has 180 valence electrons. The van der Waals surface area contributed by atoms with E-state index in [4.69, 9.17) is 16.3 Å². The van der Waals surface area contributed by atoms with Crippen LogP contribution in [-0.2, 0) is 9.59 Å². The van der Waals surface area contributed by atoms with Crippen LogP contribution in [0.1, 0.15) is 17.2 Å². The molecule has 35 heavy (non-hydrogen) atoms. The number of halogens is 4. The number of amides is 1. The van der Waals surface area contributed by atoms with Crippen LogP contribution in [0.2, 0.25) is 5.02 Å². The van der Waals surface area contributed by atoms with Crippen LogP contribution in [-0.4, -0.2) is 30.3 Å². The Morgan fingerprint density at radius 2 is 1.60 bits per heavy atom. The van der Waals surface area contributed by atoms with Gasteiger partial charge >= 0.3 is 6.36 Å². The summed E-state index contributed by atoms with van der Waals surface area (Å²) in [7, 11) is 1.48. The molecule has 1 unspecified atom stereocenters. The highest BCUT2D eigenvalue weighted by atomic mass is 35.5. The maximum atomic E-state index is 13.1. The van der Waals surface area contributed by atoms with E-state index in [1.54, 1.807) is 36.4 Å². The second-order valence-corrected chi connectivity index (χ2v) is 7.93. The van der Waals surface area contributed by atoms with Gasteiger partial charge in [0.15, 0.2) is 0 Å². The molecule has 3 aromatic rings. The molecular weight excluding hydrogens is 487 g/mol. The van der Waals surface area contributed by atoms with Crippen molar-refractivity contribution >= 4 is 34.7 Å². The molecule has 0 bridgehead atoms. The Labute approximate surface area is 202 Å². The number of hydrogen-bond acceptors (Lipinski definition) is 5. The molecule has 1 aliphatic heterocycles. The van der Waals surface area contributed by atoms with Crippen LogP contribution in [0.4, 0.5) is 18.9 Å². The van der Waals surface area contributed by atoms with E-state index in [2.05, 4.69) is 4.74 Å². The Balaban J connectivity index is 1.85. The smallest absolute Gasteiger partial charge is 0.507 e. The van der Waals surface area contributed by atoms with Gasteiger partial charge in [0.1, 0.15) is 17.3 Å². The molecule has 0 spiro atoms. The Bertz CT molecular complexity index is 1300. The summed E-state index contributed by atoms with van der Waals surface area (Å²) in [6.07, 6.45) is -4.88. The molecule has 10 heteroatoms. The number of nitrogens with zero attached hydrogens (tertiary/aromatic N) is 1. The zero-order valence-electron chi connectivity index (χ0n) is 18.0. The van der Waals surface area contributed by atoms with Crippen molar-refractivity contribution in [1.82, 2.24) is 0 Å². The van der Waals surface area contributed by atoms with Crippen molar-refractivity contribution in [2.45, 2.75) is 12.4 Å². The summed E-state index contributed by atoms with van der Waals surface area (Å²) in [5.74, 6) is -2.32. The number of anilines is 1. The first-order valence-corrected chi connectivity index (χ1v) is 10.5. The van der Waals surface area contributed by atoms with Gasteiger partial charge in [0, 0.05) is 16.3 Å². The minimum atomic E-state index is -4.88. The number of aliphatic hydroxyl groups excluding tert-OH is 1. The molecule has 0 radical (unpaired) electrons. The van der Waals surface area contributed by atoms with Gasteiger partial charge in [-0.2, -0.15) is 0 Å². The number of hydrogen-bond donors (Lipinski definition) is 1. The molecule has 1 saturated heterocycles. The van der Waals surface area contributed by atoms with Gasteiger partial charge in [0.2, 0.25) is 0 Å². The van der Waals surface area contributed by atoms with E-state index in [9.17, 15) is 27.9 Å². The highest BCUT2D eigenvalue weighted by molar-refractivity contribution is 6.51. The first kappa shape index (κ1) is 24.2. The Kier molecular flexibility index (Phi) is 6.45. The maximum absolute atomic E-state index is 13.1. The summed E-state index contributed by atoms with van der Waals surface area (Å²) in [4.78, 5) is 27.3. The highest BCUT2D eigenvalue weighted by Crippen LogP contribution is 2.43. The quantitative estimate of drug-likeness (QED) is 0.267. The van der Waals surface area contributed by atoms with Crippen molar-refractivity contribution in [2.24, 2.45) is 0 Å². The average molecular weight is 504 g/mol. The van der Waals surface area contributed by atoms with Gasteiger partial charge in [-0.3, -0.25) is 14.5 Å². The van der Waals surface area contributed by atoms with Crippen LogP contribution >= 0.6 is 11.6 Å². The number of methoxy groups -OCH3 is 1. The van der Waals surface area contributed by atoms with Gasteiger partial charge in [0.05, 0.1) is 18.7 Å². The van der Waals surface area contributed by atoms with Crippen molar-refractivity contribution in [3.63, 3.8) is 0 Å². The van der Waals surface area contributed by atoms with Crippen molar-refractivity contribution in [1.29, 1.82) is 0 Å². The molecule has 0 aliphatic carbocycles. The number of carbonyl (C=O) groups excluding carboxylic acids is 2. The number of Topliss-reactive ketones (excluding diaryl/α,β-unsaturated/α-hetero) is 1. The van der Waals surface area contributed by atoms with Crippen LogP contribution < -0.4 is 14.4 Å². The summed E-state index contributed by atoms with van der Waals surface area (Å²) >= 11 is 6.03. The molecule has 4 rings (SSSR count). The van der Waals surface area contributed by atoms with E-state index >= 15 is 0 Å². The van der Waals surface area contributed by atoms with E-state index in [1.807, 2.05) is 0 Å². The number of rotatable bonds is 5. The van der Waals surface area contributed by atoms with Gasteiger partial charge in [0.25, 0.3) is 11.7 Å². The first-order valence-electron chi connectivity index (χ1n) is 10.2. The monoisotopic (exact) mass is 503 g/mol. The Hall–Kier alpha value is -3.98. The van der Waals surface area contributed by atoms with E-state index in [0.29, 0.717) is 16.3 Å². The fraction of sp³-hybridized carbons (Fsp3) is 0.120. The second kappa shape index (κ2) is 9.34. The highest BCUT2D eigenvalue weighted by Gasteiger charge is 2.47. The Morgan fingerprint density at radius 3 is 2.17 bits per heavy atom. The SMILES string of the molecule is COc1ccc(C2/C(=C(/O)c3cccc(Cl)c3)C(=O)C(=O)N2c2ccc(OC(F)(F)F)cc2)cc1. The van der Waals surface area contributed by atoms with Crippen LogP contribution in [0, 0.1) is 0 Å². The van der Waals surface area contributed by atoms with Crippen molar-refractivity contribution in [3.05, 3.63) is 94.5 Å². The lowest BCUT2D eigenvalue weighted by atomic mass is 9.95. The predicted octanol–water partition coefficient (Wildman–Crippen LogP) is 5.87. The summed E-state index contributed by atoms with van der Waals surface area (Å²) in [5.41, 5.74) is 0.623. The molecule has 0 saturated carbocycles. The summed E-state index contributed by atoms with van der Waals surface area (Å²) in [6, 6.07) is 16.1. The van der Waals surface area contributed by atoms with Gasteiger partial charge in [-0.05, 0) is 54.1 Å². The molecule has 1 heterocycles. The molecule has 6 nitrogen and oxygen atoms in total. The normalized spacial score (nSPS) is 17.5. The van der Waals surface area contributed by atoms with Crippen LogP contribution in [0.15, 0.2) is 78.4 Å². The fourth-order valence-corrected chi connectivity index (χ4v) is 3.99. The zero-order chi connectivity index (χ0) is 25.3. The lowest BCUT2D eigenvalue weighted by Crippen LogP contribution is -2.29. The molecule has 1 N–H and O–H groups in total. The average Bonchev–Trinajstić information content (AvgIpc) is 3.08. The first-order chi connectivity index (χ1) is 16.6. The molecule has 1 amide bonds. The third kappa shape index (κ3) is 4.95. The van der Waals surface area contributed by atoms with E-state index in [0.717, 1.165) is 17.0 Å². The lowest BCUT2D eigenvalue weighted by molar-refractivity contribution is -0.274. The van der Waals surface area contributed by atoms with Gasteiger partial charge in [-0.15, -0.1) is 13.2 Å². The Morgan fingerprint density at radius 1 is 0.971 bits per heavy atom. The molecule has 0 aromatic heterocycles. The summed E-state index contributed by atoms with van der Waals surface area (Å²) in [5, 5.41) is 11.4. The second-order valence-electron chi connectivity index (χ2n) is 7.49. The third-order valence-corrected chi connectivity index (χ3v) is 5.56. The van der Waals surface area contributed by atoms with E-state index in [-0.39, 0.29) is 16.8 Å². The summed E-state index contributed by atoms with van der Waals surface area (Å²) < 4.78 is 46.7. The number of benzene rings is 3. The molecular formula is C25H17ClF3NO5. The standard InChI is InChI=1S/C25H17ClF3NO5/c1-34-18-9-5-14(6-10-18)21-20(22(31)15-3-2-4-16(26)13-15)23(32)24(33)30(21)17-7-11-19(12-8-17)35-25(27,28)29/h2-13,21,31H,1H3/b22-20-. The maximum Gasteiger partial charge on any atom is 0.573 e. The van der Waals surface area contributed by atoms with Crippen molar-refractivity contribution in [3.8, 4) is 11.5 Å². The molecule has 3 aromatic carbocycles. The fourth-order valence-electron chi connectivity index (χ4n) is 3.80. The number of carbonyl (C=O) groups is 2. The number of aliphatic hydroxyl groups is 1. The molecule has 1 fully saturated rings. The van der Waals surface area contributed by atoms with Gasteiger partial charge in [-0.25, -0.2) is 0 Å². The van der Waals surface area contributed by atoms with E-state index in [1.165, 1.54) is 31.4 Å². The molecule has 1 aliphatic rings. The minimum Gasteiger partial charge on any atom is -0.507 e. The van der Waals surface area contributed by atoms with Crippen LogP contribution in [0.5, 0.6) is 11.5 Å². The van der Waals surface area contributed by atoms with Crippen LogP contribution in [0.3, 0.4) is 0 Å². The molecule has 1 atom stereocenters. The zero-order valence-corrected chi connectivity index (χ0v) is 18.8. The number of ether oxygens (including phenoxy) is 2. The van der Waals surface area contributed by atoms with Crippen molar-refractivity contribution in [2.75, 3.05) is 12.0 Å². The van der Waals surface area contributed by atoms with Crippen molar-refractivity contribution < 1.29 is 37.3 Å². The summed E-state index contributed by atoms with van der Waals surface area (Å²) in [6.45, 7) is 0. The third-order valence-electron chi connectivity index (χ3n) is 5.32. The largest absolute Gasteiger partial charge is 0.573 e. The minimum absolute atomic E-state index is 0.132. The van der Waals surface area contributed by atoms with Crippen LogP contribution in [0.25, 0.3) is 5.76 Å². The van der Waals surface area contributed by atoms with Gasteiger partial charge < -0.3 is 14.6 Å². The lowest BCUT2D eigenvalue weighted by Gasteiger charge is -2.25. The predicted molar refractivity (Wildman–Crippen MR) is 122 cm³/mol. The topological polar surface area (TPSA) is 76.1 Å². The number of ketones is 1. The van der Waals surface area contributed by atoms with Gasteiger partial charge in [-0.1, -0.05) is 35.9 Å². The van der Waals surface area contributed by atoms with E-state index < -0.39 is 35.6 Å². The number of alkyl halides is 3.